The Morgan fingerprint density at radius 2 is 2.11 bits per heavy atom. The van der Waals surface area contributed by atoms with Gasteiger partial charge in [-0.15, -0.1) is 11.3 Å². The van der Waals surface area contributed by atoms with Crippen molar-refractivity contribution < 1.29 is 0 Å². The van der Waals surface area contributed by atoms with Crippen molar-refractivity contribution in [3.8, 4) is 0 Å². The Balaban J connectivity index is 2.15. The zero-order valence-electron chi connectivity index (χ0n) is 11.4. The van der Waals surface area contributed by atoms with E-state index in [-0.39, 0.29) is 0 Å². The zero-order chi connectivity index (χ0) is 13.0. The van der Waals surface area contributed by atoms with Gasteiger partial charge in [-0.3, -0.25) is 0 Å². The number of benzene rings is 1. The SMILES string of the molecule is CCC(CNC)CN(C)c1csc2ccccc12. The zero-order valence-corrected chi connectivity index (χ0v) is 12.3. The molecule has 2 aromatic rings. The first kappa shape index (κ1) is 13.4. The molecule has 0 saturated carbocycles. The highest BCUT2D eigenvalue weighted by atomic mass is 32.1. The van der Waals surface area contributed by atoms with Crippen LogP contribution in [0.2, 0.25) is 0 Å². The Hall–Kier alpha value is -1.06. The highest BCUT2D eigenvalue weighted by molar-refractivity contribution is 7.17. The number of anilines is 1. The minimum absolute atomic E-state index is 0.707. The highest BCUT2D eigenvalue weighted by Crippen LogP contribution is 2.32. The molecule has 0 aliphatic carbocycles. The van der Waals surface area contributed by atoms with Crippen LogP contribution < -0.4 is 10.2 Å². The van der Waals surface area contributed by atoms with Crippen molar-refractivity contribution in [1.82, 2.24) is 5.32 Å². The van der Waals surface area contributed by atoms with E-state index in [4.69, 9.17) is 0 Å². The standard InChI is InChI=1S/C15H22N2S/c1-4-12(9-16-2)10-17(3)14-11-18-15-8-6-5-7-13(14)15/h5-8,11-12,16H,4,9-10H2,1-3H3. The molecule has 3 heteroatoms. The number of hydrogen-bond acceptors (Lipinski definition) is 3. The molecule has 1 aromatic heterocycles. The van der Waals surface area contributed by atoms with E-state index in [1.807, 2.05) is 18.4 Å². The first-order chi connectivity index (χ1) is 8.76. The average molecular weight is 262 g/mol. The van der Waals surface area contributed by atoms with Gasteiger partial charge in [-0.1, -0.05) is 31.5 Å². The molecular weight excluding hydrogens is 240 g/mol. The summed E-state index contributed by atoms with van der Waals surface area (Å²) in [6.07, 6.45) is 1.22. The topological polar surface area (TPSA) is 15.3 Å². The van der Waals surface area contributed by atoms with Crippen molar-refractivity contribution >= 4 is 27.1 Å². The number of hydrogen-bond donors (Lipinski definition) is 1. The van der Waals surface area contributed by atoms with Gasteiger partial charge in [0.25, 0.3) is 0 Å². The average Bonchev–Trinajstić information content (AvgIpc) is 2.82. The minimum Gasteiger partial charge on any atom is -0.373 e. The van der Waals surface area contributed by atoms with E-state index < -0.39 is 0 Å². The third kappa shape index (κ3) is 2.85. The molecule has 1 heterocycles. The van der Waals surface area contributed by atoms with Gasteiger partial charge in [-0.05, 0) is 25.6 Å². The first-order valence-electron chi connectivity index (χ1n) is 6.58. The van der Waals surface area contributed by atoms with E-state index in [2.05, 4.69) is 53.8 Å². The number of fused-ring (bicyclic) bond motifs is 1. The van der Waals surface area contributed by atoms with Crippen LogP contribution in [0.25, 0.3) is 10.1 Å². The monoisotopic (exact) mass is 262 g/mol. The van der Waals surface area contributed by atoms with Gasteiger partial charge >= 0.3 is 0 Å². The molecule has 0 saturated heterocycles. The predicted octanol–water partition coefficient (Wildman–Crippen LogP) is 3.58. The van der Waals surface area contributed by atoms with Crippen molar-refractivity contribution in [2.75, 3.05) is 32.1 Å². The number of thiophene rings is 1. The van der Waals surface area contributed by atoms with E-state index in [1.165, 1.54) is 22.2 Å². The number of nitrogens with one attached hydrogen (secondary N) is 1. The molecule has 0 aliphatic heterocycles. The molecule has 2 rings (SSSR count). The maximum Gasteiger partial charge on any atom is 0.0552 e. The second kappa shape index (κ2) is 6.21. The van der Waals surface area contributed by atoms with Gasteiger partial charge in [0.05, 0.1) is 5.69 Å². The van der Waals surface area contributed by atoms with E-state index in [9.17, 15) is 0 Å². The summed E-state index contributed by atoms with van der Waals surface area (Å²) in [7, 11) is 4.23. The molecular formula is C15H22N2S. The van der Waals surface area contributed by atoms with Crippen LogP contribution in [0, 0.1) is 5.92 Å². The predicted molar refractivity (Wildman–Crippen MR) is 82.8 cm³/mol. The third-order valence-electron chi connectivity index (χ3n) is 3.47. The van der Waals surface area contributed by atoms with Crippen LogP contribution in [0.4, 0.5) is 5.69 Å². The van der Waals surface area contributed by atoms with Crippen molar-refractivity contribution in [3.05, 3.63) is 29.6 Å². The summed E-state index contributed by atoms with van der Waals surface area (Å²) in [5.41, 5.74) is 1.37. The summed E-state index contributed by atoms with van der Waals surface area (Å²) >= 11 is 1.83. The van der Waals surface area contributed by atoms with Gasteiger partial charge in [-0.25, -0.2) is 0 Å². The quantitative estimate of drug-likeness (QED) is 0.856. The molecule has 1 atom stereocenters. The molecule has 18 heavy (non-hydrogen) atoms. The van der Waals surface area contributed by atoms with Gasteiger partial charge in [0.15, 0.2) is 0 Å². The summed E-state index contributed by atoms with van der Waals surface area (Å²) in [6.45, 7) is 4.46. The summed E-state index contributed by atoms with van der Waals surface area (Å²) < 4.78 is 1.38. The molecule has 1 unspecified atom stereocenters. The fourth-order valence-electron chi connectivity index (χ4n) is 2.37. The Bertz CT molecular complexity index is 492. The molecule has 0 amide bonds. The summed E-state index contributed by atoms with van der Waals surface area (Å²) in [4.78, 5) is 2.39. The number of nitrogens with zero attached hydrogens (tertiary/aromatic N) is 1. The molecule has 98 valence electrons. The van der Waals surface area contributed by atoms with Gasteiger partial charge in [0.1, 0.15) is 0 Å². The molecule has 0 spiro atoms. The molecule has 1 N–H and O–H groups in total. The van der Waals surface area contributed by atoms with Crippen molar-refractivity contribution in [1.29, 1.82) is 0 Å². The summed E-state index contributed by atoms with van der Waals surface area (Å²) in [5, 5.41) is 6.94. The van der Waals surface area contributed by atoms with Crippen LogP contribution in [0.15, 0.2) is 29.6 Å². The van der Waals surface area contributed by atoms with Crippen molar-refractivity contribution in [2.24, 2.45) is 5.92 Å². The molecule has 0 fully saturated rings. The molecule has 0 aliphatic rings. The van der Waals surface area contributed by atoms with Gasteiger partial charge in [0, 0.05) is 29.1 Å². The molecule has 2 nitrogen and oxygen atoms in total. The van der Waals surface area contributed by atoms with Crippen LogP contribution in [-0.2, 0) is 0 Å². The lowest BCUT2D eigenvalue weighted by Gasteiger charge is -2.24. The van der Waals surface area contributed by atoms with Gasteiger partial charge in [0.2, 0.25) is 0 Å². The first-order valence-corrected chi connectivity index (χ1v) is 7.46. The Morgan fingerprint density at radius 1 is 1.33 bits per heavy atom. The van der Waals surface area contributed by atoms with Crippen LogP contribution in [-0.4, -0.2) is 27.2 Å². The Morgan fingerprint density at radius 3 is 2.83 bits per heavy atom. The van der Waals surface area contributed by atoms with Crippen molar-refractivity contribution in [2.45, 2.75) is 13.3 Å². The van der Waals surface area contributed by atoms with E-state index in [0.717, 1.165) is 13.1 Å². The Kier molecular flexibility index (Phi) is 4.61. The lowest BCUT2D eigenvalue weighted by atomic mass is 10.1. The molecule has 1 aromatic carbocycles. The lowest BCUT2D eigenvalue weighted by molar-refractivity contribution is 0.485. The number of rotatable bonds is 6. The summed E-state index contributed by atoms with van der Waals surface area (Å²) in [5.74, 6) is 0.707. The minimum atomic E-state index is 0.707. The molecule has 0 bridgehead atoms. The fourth-order valence-corrected chi connectivity index (χ4v) is 3.37. The molecule has 0 radical (unpaired) electrons. The van der Waals surface area contributed by atoms with Crippen LogP contribution >= 0.6 is 11.3 Å². The smallest absolute Gasteiger partial charge is 0.0552 e. The second-order valence-electron chi connectivity index (χ2n) is 4.83. The fraction of sp³-hybridized carbons (Fsp3) is 0.467. The Labute approximate surface area is 114 Å². The van der Waals surface area contributed by atoms with E-state index in [0.29, 0.717) is 5.92 Å². The maximum absolute atomic E-state index is 3.28. The second-order valence-corrected chi connectivity index (χ2v) is 5.74. The van der Waals surface area contributed by atoms with E-state index in [1.54, 1.807) is 0 Å². The summed E-state index contributed by atoms with van der Waals surface area (Å²) in [6, 6.07) is 8.65. The van der Waals surface area contributed by atoms with Gasteiger partial charge in [-0.2, -0.15) is 0 Å². The maximum atomic E-state index is 3.28. The van der Waals surface area contributed by atoms with Crippen LogP contribution in [0.1, 0.15) is 13.3 Å². The van der Waals surface area contributed by atoms with Gasteiger partial charge < -0.3 is 10.2 Å². The van der Waals surface area contributed by atoms with Crippen LogP contribution in [0.3, 0.4) is 0 Å². The van der Waals surface area contributed by atoms with Crippen LogP contribution in [0.5, 0.6) is 0 Å². The third-order valence-corrected chi connectivity index (χ3v) is 4.43. The normalized spacial score (nSPS) is 12.8. The lowest BCUT2D eigenvalue weighted by Crippen LogP contribution is -2.30. The largest absolute Gasteiger partial charge is 0.373 e. The van der Waals surface area contributed by atoms with Crippen molar-refractivity contribution in [3.63, 3.8) is 0 Å². The highest BCUT2D eigenvalue weighted by Gasteiger charge is 2.12. The van der Waals surface area contributed by atoms with E-state index >= 15 is 0 Å².